The number of hydrogen-bond donors (Lipinski definition) is 1. The maximum Gasteiger partial charge on any atom is 0.340 e. The van der Waals surface area contributed by atoms with Gasteiger partial charge in [-0.05, 0) is 37.3 Å². The van der Waals surface area contributed by atoms with Crippen molar-refractivity contribution in [2.75, 3.05) is 12.4 Å². The average Bonchev–Trinajstić information content (AvgIpc) is 2.92. The fourth-order valence-corrected chi connectivity index (χ4v) is 3.18. The van der Waals surface area contributed by atoms with Crippen molar-refractivity contribution in [3.05, 3.63) is 63.6 Å². The number of benzene rings is 2. The van der Waals surface area contributed by atoms with Gasteiger partial charge in [0.1, 0.15) is 6.04 Å². The van der Waals surface area contributed by atoms with Gasteiger partial charge in [0, 0.05) is 4.47 Å². The molecule has 3 amide bonds. The van der Waals surface area contributed by atoms with Crippen molar-refractivity contribution < 1.29 is 23.9 Å². The summed E-state index contributed by atoms with van der Waals surface area (Å²) >= 11 is 3.26. The van der Waals surface area contributed by atoms with Crippen LogP contribution in [0.2, 0.25) is 0 Å². The van der Waals surface area contributed by atoms with Crippen molar-refractivity contribution in [3.8, 4) is 0 Å². The summed E-state index contributed by atoms with van der Waals surface area (Å²) in [6, 6.07) is 10.0. The molecule has 0 fully saturated rings. The Morgan fingerprint density at radius 2 is 1.67 bits per heavy atom. The maximum absolute atomic E-state index is 12.7. The Hall–Kier alpha value is -3.00. The molecule has 0 aromatic heterocycles. The second-order valence-electron chi connectivity index (χ2n) is 5.87. The maximum atomic E-state index is 12.7. The van der Waals surface area contributed by atoms with E-state index in [0.717, 1.165) is 4.90 Å². The standard InChI is InChI=1S/C19H15BrN2O5/c1-10(22-17(24)12-5-3-4-6-13(12)18(22)25)16(23)21-15-8-7-11(20)9-14(15)19(26)27-2/h3-10H,1-2H3,(H,21,23). The highest BCUT2D eigenvalue weighted by Crippen LogP contribution is 2.26. The lowest BCUT2D eigenvalue weighted by Crippen LogP contribution is -2.45. The smallest absolute Gasteiger partial charge is 0.340 e. The van der Waals surface area contributed by atoms with E-state index < -0.39 is 29.7 Å². The van der Waals surface area contributed by atoms with Crippen LogP contribution in [0.5, 0.6) is 0 Å². The van der Waals surface area contributed by atoms with E-state index in [0.29, 0.717) is 4.47 Å². The van der Waals surface area contributed by atoms with Gasteiger partial charge in [-0.25, -0.2) is 4.79 Å². The average molecular weight is 431 g/mol. The first-order chi connectivity index (χ1) is 12.8. The molecule has 3 rings (SSSR count). The molecule has 0 saturated carbocycles. The highest BCUT2D eigenvalue weighted by molar-refractivity contribution is 9.10. The Labute approximate surface area is 163 Å². The summed E-state index contributed by atoms with van der Waals surface area (Å²) < 4.78 is 5.35. The van der Waals surface area contributed by atoms with E-state index in [2.05, 4.69) is 21.2 Å². The van der Waals surface area contributed by atoms with Gasteiger partial charge < -0.3 is 10.1 Å². The quantitative estimate of drug-likeness (QED) is 0.594. The van der Waals surface area contributed by atoms with Crippen LogP contribution in [0.4, 0.5) is 5.69 Å². The van der Waals surface area contributed by atoms with E-state index in [9.17, 15) is 19.2 Å². The van der Waals surface area contributed by atoms with Crippen LogP contribution < -0.4 is 5.32 Å². The van der Waals surface area contributed by atoms with Crippen molar-refractivity contribution in [1.29, 1.82) is 0 Å². The molecule has 0 spiro atoms. The van der Waals surface area contributed by atoms with Crippen LogP contribution in [-0.4, -0.2) is 41.7 Å². The van der Waals surface area contributed by atoms with Gasteiger partial charge in [-0.15, -0.1) is 0 Å². The zero-order valence-electron chi connectivity index (χ0n) is 14.5. The molecule has 1 aliphatic rings. The molecule has 0 saturated heterocycles. The molecule has 0 aliphatic carbocycles. The Bertz CT molecular complexity index is 937. The number of carbonyl (C=O) groups is 4. The number of halogens is 1. The minimum Gasteiger partial charge on any atom is -0.465 e. The molecule has 7 nitrogen and oxygen atoms in total. The molecule has 2 aromatic rings. The van der Waals surface area contributed by atoms with Crippen molar-refractivity contribution in [2.45, 2.75) is 13.0 Å². The lowest BCUT2D eigenvalue weighted by Gasteiger charge is -2.22. The second kappa shape index (κ2) is 7.32. The van der Waals surface area contributed by atoms with Crippen LogP contribution in [0.25, 0.3) is 0 Å². The Morgan fingerprint density at radius 3 is 2.22 bits per heavy atom. The van der Waals surface area contributed by atoms with E-state index in [1.807, 2.05) is 0 Å². The third-order valence-corrected chi connectivity index (χ3v) is 4.73. The molecule has 0 bridgehead atoms. The van der Waals surface area contributed by atoms with Gasteiger partial charge >= 0.3 is 5.97 Å². The first-order valence-electron chi connectivity index (χ1n) is 8.00. The number of esters is 1. The monoisotopic (exact) mass is 430 g/mol. The number of nitrogens with one attached hydrogen (secondary N) is 1. The summed E-state index contributed by atoms with van der Waals surface area (Å²) in [5.41, 5.74) is 0.898. The summed E-state index contributed by atoms with van der Waals surface area (Å²) in [6.45, 7) is 1.45. The van der Waals surface area contributed by atoms with Crippen molar-refractivity contribution in [2.24, 2.45) is 0 Å². The summed E-state index contributed by atoms with van der Waals surface area (Å²) in [5, 5.41) is 2.59. The molecule has 1 unspecified atom stereocenters. The number of methoxy groups -OCH3 is 1. The molecule has 1 N–H and O–H groups in total. The number of amides is 3. The van der Waals surface area contributed by atoms with E-state index in [4.69, 9.17) is 4.74 Å². The molecular formula is C19H15BrN2O5. The lowest BCUT2D eigenvalue weighted by atomic mass is 10.1. The number of nitrogens with zero attached hydrogens (tertiary/aromatic N) is 1. The summed E-state index contributed by atoms with van der Waals surface area (Å²) in [5.74, 6) is -2.28. The molecule has 27 heavy (non-hydrogen) atoms. The second-order valence-corrected chi connectivity index (χ2v) is 6.79. The van der Waals surface area contributed by atoms with Crippen molar-refractivity contribution >= 4 is 45.3 Å². The topological polar surface area (TPSA) is 92.8 Å². The lowest BCUT2D eigenvalue weighted by molar-refractivity contribution is -0.119. The van der Waals surface area contributed by atoms with Gasteiger partial charge in [0.25, 0.3) is 11.8 Å². The fourth-order valence-electron chi connectivity index (χ4n) is 2.82. The molecule has 1 heterocycles. The van der Waals surface area contributed by atoms with E-state index >= 15 is 0 Å². The number of imide groups is 1. The van der Waals surface area contributed by atoms with E-state index in [-0.39, 0.29) is 22.4 Å². The van der Waals surface area contributed by atoms with Gasteiger partial charge in [0.2, 0.25) is 5.91 Å². The molecule has 8 heteroatoms. The number of hydrogen-bond acceptors (Lipinski definition) is 5. The molecule has 1 atom stereocenters. The van der Waals surface area contributed by atoms with Crippen LogP contribution in [0.15, 0.2) is 46.9 Å². The van der Waals surface area contributed by atoms with Gasteiger partial charge in [-0.2, -0.15) is 0 Å². The van der Waals surface area contributed by atoms with Crippen LogP contribution in [0.1, 0.15) is 38.0 Å². The number of ether oxygens (including phenoxy) is 1. The molecule has 1 aliphatic heterocycles. The minimum absolute atomic E-state index is 0.148. The van der Waals surface area contributed by atoms with E-state index in [1.54, 1.807) is 30.3 Å². The van der Waals surface area contributed by atoms with E-state index in [1.165, 1.54) is 26.2 Å². The van der Waals surface area contributed by atoms with Gasteiger partial charge in [-0.1, -0.05) is 28.1 Å². The third-order valence-electron chi connectivity index (χ3n) is 4.24. The predicted molar refractivity (Wildman–Crippen MR) is 101 cm³/mol. The molecule has 0 radical (unpaired) electrons. The minimum atomic E-state index is -1.06. The van der Waals surface area contributed by atoms with Crippen molar-refractivity contribution in [3.63, 3.8) is 0 Å². The Kier molecular flexibility index (Phi) is 5.09. The van der Waals surface area contributed by atoms with Crippen LogP contribution in [0, 0.1) is 0 Å². The summed E-state index contributed by atoms with van der Waals surface area (Å²) in [4.78, 5) is 50.5. The molecule has 2 aromatic carbocycles. The number of carbonyl (C=O) groups excluding carboxylic acids is 4. The first kappa shape index (κ1) is 18.8. The van der Waals surface area contributed by atoms with Crippen LogP contribution in [0.3, 0.4) is 0 Å². The van der Waals surface area contributed by atoms with Gasteiger partial charge in [0.05, 0.1) is 29.5 Å². The fraction of sp³-hybridized carbons (Fsp3) is 0.158. The van der Waals surface area contributed by atoms with Gasteiger partial charge in [0.15, 0.2) is 0 Å². The zero-order valence-corrected chi connectivity index (χ0v) is 16.1. The first-order valence-corrected chi connectivity index (χ1v) is 8.80. The zero-order chi connectivity index (χ0) is 19.7. The number of rotatable bonds is 4. The van der Waals surface area contributed by atoms with Gasteiger partial charge in [-0.3, -0.25) is 19.3 Å². The predicted octanol–water partition coefficient (Wildman–Crippen LogP) is 2.86. The largest absolute Gasteiger partial charge is 0.465 e. The SMILES string of the molecule is COC(=O)c1cc(Br)ccc1NC(=O)C(C)N1C(=O)c2ccccc2C1=O. The Morgan fingerprint density at radius 1 is 1.07 bits per heavy atom. The van der Waals surface area contributed by atoms with Crippen LogP contribution in [-0.2, 0) is 9.53 Å². The third kappa shape index (κ3) is 3.35. The molecule has 138 valence electrons. The van der Waals surface area contributed by atoms with Crippen molar-refractivity contribution in [1.82, 2.24) is 4.90 Å². The highest BCUT2D eigenvalue weighted by Gasteiger charge is 2.40. The number of anilines is 1. The highest BCUT2D eigenvalue weighted by atomic mass is 79.9. The number of fused-ring (bicyclic) bond motifs is 1. The summed E-state index contributed by atoms with van der Waals surface area (Å²) in [6.07, 6.45) is 0. The normalized spacial score (nSPS) is 14.0. The molecular weight excluding hydrogens is 416 g/mol. The van der Waals surface area contributed by atoms with Crippen LogP contribution >= 0.6 is 15.9 Å². The summed E-state index contributed by atoms with van der Waals surface area (Å²) in [7, 11) is 1.23. The Balaban J connectivity index is 1.85.